The number of nitrogens with zero attached hydrogens (tertiary/aromatic N) is 3. The van der Waals surface area contributed by atoms with Gasteiger partial charge in [-0.15, -0.1) is 0 Å². The number of rotatable bonds is 2. The second-order valence-corrected chi connectivity index (χ2v) is 8.03. The highest BCUT2D eigenvalue weighted by atomic mass is 35.5. The van der Waals surface area contributed by atoms with Crippen molar-refractivity contribution < 1.29 is 9.13 Å². The van der Waals surface area contributed by atoms with E-state index in [-0.39, 0.29) is 0 Å². The maximum Gasteiger partial charge on any atom is 0.331 e. The predicted octanol–water partition coefficient (Wildman–Crippen LogP) is 3.62. The molecule has 2 aromatic heterocycles. The van der Waals surface area contributed by atoms with E-state index in [9.17, 15) is 14.0 Å². The van der Waals surface area contributed by atoms with Crippen molar-refractivity contribution in [3.8, 4) is 11.3 Å². The molecule has 0 bridgehead atoms. The first-order valence-corrected chi connectivity index (χ1v) is 10.2. The van der Waals surface area contributed by atoms with Crippen molar-refractivity contribution in [2.24, 2.45) is 14.1 Å². The van der Waals surface area contributed by atoms with Crippen molar-refractivity contribution in [2.45, 2.75) is 12.6 Å². The first kappa shape index (κ1) is 19.8. The van der Waals surface area contributed by atoms with Gasteiger partial charge in [-0.2, -0.15) is 0 Å². The number of halogens is 2. The summed E-state index contributed by atoms with van der Waals surface area (Å²) < 4.78 is 25.2. The number of aromatic nitrogens is 3. The van der Waals surface area contributed by atoms with Gasteiger partial charge in [0.15, 0.2) is 0 Å². The molecule has 3 heterocycles. The van der Waals surface area contributed by atoms with Crippen LogP contribution >= 0.6 is 11.6 Å². The van der Waals surface area contributed by atoms with Crippen molar-refractivity contribution in [2.75, 3.05) is 6.61 Å². The van der Waals surface area contributed by atoms with Gasteiger partial charge in [0, 0.05) is 31.2 Å². The molecular weight excluding hydrogens is 421 g/mol. The smallest absolute Gasteiger partial charge is 0.331 e. The first-order valence-electron chi connectivity index (χ1n) is 9.84. The molecule has 5 rings (SSSR count). The molecule has 2 aromatic carbocycles. The second kappa shape index (κ2) is 7.21. The average Bonchev–Trinajstić information content (AvgIpc) is 3.13. The molecule has 0 saturated carbocycles. The minimum atomic E-state index is -0.754. The van der Waals surface area contributed by atoms with Crippen LogP contribution < -0.4 is 11.2 Å². The summed E-state index contributed by atoms with van der Waals surface area (Å²) in [6.07, 6.45) is -0.754. The van der Waals surface area contributed by atoms with E-state index < -0.39 is 23.2 Å². The Morgan fingerprint density at radius 1 is 1.03 bits per heavy atom. The third-order valence-electron chi connectivity index (χ3n) is 5.86. The molecule has 0 saturated heterocycles. The lowest BCUT2D eigenvalue weighted by Gasteiger charge is -2.28. The van der Waals surface area contributed by atoms with Crippen LogP contribution in [-0.2, 0) is 25.4 Å². The standard InChI is InChI=1S/C23H19ClFN3O3/c1-26-19-17(22(29)27(2)23(26)30)18(13-7-9-14(24)10-8-13)28-11-12-31-21(20(19)28)15-5-3-4-6-16(15)25/h3-10,21H,11-12H2,1-2H3/t21-/m1/s1. The molecule has 0 spiro atoms. The SMILES string of the molecule is Cn1c(=O)c2c(-c3ccc(Cl)cc3)n3c(c2n(C)c1=O)[C@@H](c1ccccc1F)OCC3. The van der Waals surface area contributed by atoms with Crippen LogP contribution in [0.2, 0.25) is 5.02 Å². The molecule has 0 radical (unpaired) electrons. The van der Waals surface area contributed by atoms with E-state index in [0.717, 1.165) is 10.1 Å². The molecule has 158 valence electrons. The fraction of sp³-hybridized carbons (Fsp3) is 0.217. The molecule has 31 heavy (non-hydrogen) atoms. The Morgan fingerprint density at radius 3 is 2.45 bits per heavy atom. The summed E-state index contributed by atoms with van der Waals surface area (Å²) in [5.74, 6) is -0.405. The monoisotopic (exact) mass is 439 g/mol. The summed E-state index contributed by atoms with van der Waals surface area (Å²) in [6.45, 7) is 0.798. The lowest BCUT2D eigenvalue weighted by molar-refractivity contribution is 0.0457. The maximum atomic E-state index is 14.7. The van der Waals surface area contributed by atoms with Crippen LogP contribution in [0.15, 0.2) is 58.1 Å². The summed E-state index contributed by atoms with van der Waals surface area (Å²) in [5.41, 5.74) is 2.00. The van der Waals surface area contributed by atoms with E-state index >= 15 is 0 Å². The zero-order valence-corrected chi connectivity index (χ0v) is 17.7. The maximum absolute atomic E-state index is 14.7. The van der Waals surface area contributed by atoms with E-state index in [0.29, 0.717) is 46.0 Å². The molecule has 0 amide bonds. The number of hydrogen-bond acceptors (Lipinski definition) is 3. The first-order chi connectivity index (χ1) is 14.9. The molecule has 0 unspecified atom stereocenters. The zero-order valence-electron chi connectivity index (χ0n) is 16.9. The van der Waals surface area contributed by atoms with E-state index in [4.69, 9.17) is 16.3 Å². The van der Waals surface area contributed by atoms with Crippen molar-refractivity contribution >= 4 is 22.5 Å². The summed E-state index contributed by atoms with van der Waals surface area (Å²) in [7, 11) is 3.07. The van der Waals surface area contributed by atoms with Crippen LogP contribution in [0, 0.1) is 5.82 Å². The molecule has 1 aliphatic heterocycles. The summed E-state index contributed by atoms with van der Waals surface area (Å²) in [6, 6.07) is 13.6. The lowest BCUT2D eigenvalue weighted by Crippen LogP contribution is -2.37. The quantitative estimate of drug-likeness (QED) is 0.479. The normalized spacial score (nSPS) is 15.9. The fourth-order valence-corrected chi connectivity index (χ4v) is 4.54. The third-order valence-corrected chi connectivity index (χ3v) is 6.11. The topological polar surface area (TPSA) is 58.2 Å². The summed E-state index contributed by atoms with van der Waals surface area (Å²) in [4.78, 5) is 26.1. The third kappa shape index (κ3) is 2.88. The molecule has 4 aromatic rings. The second-order valence-electron chi connectivity index (χ2n) is 7.59. The van der Waals surface area contributed by atoms with Crippen LogP contribution in [0.5, 0.6) is 0 Å². The van der Waals surface area contributed by atoms with Gasteiger partial charge in [-0.1, -0.05) is 41.9 Å². The van der Waals surface area contributed by atoms with Gasteiger partial charge in [0.25, 0.3) is 5.56 Å². The molecule has 6 nitrogen and oxygen atoms in total. The summed E-state index contributed by atoms with van der Waals surface area (Å²) in [5, 5.41) is 0.972. The Balaban J connectivity index is 1.96. The number of benzene rings is 2. The predicted molar refractivity (Wildman–Crippen MR) is 117 cm³/mol. The molecule has 0 fully saturated rings. The molecule has 1 atom stereocenters. The van der Waals surface area contributed by atoms with Gasteiger partial charge >= 0.3 is 5.69 Å². The number of hydrogen-bond donors (Lipinski definition) is 0. The Labute approximate surface area is 181 Å². The van der Waals surface area contributed by atoms with E-state index in [1.54, 1.807) is 37.4 Å². The number of fused-ring (bicyclic) bond motifs is 3. The molecule has 0 N–H and O–H groups in total. The Morgan fingerprint density at radius 2 is 1.74 bits per heavy atom. The van der Waals surface area contributed by atoms with Gasteiger partial charge in [-0.25, -0.2) is 9.18 Å². The molecule has 0 aliphatic carbocycles. The number of ether oxygens (including phenoxy) is 1. The highest BCUT2D eigenvalue weighted by Crippen LogP contribution is 2.41. The summed E-state index contributed by atoms with van der Waals surface area (Å²) >= 11 is 6.08. The Hall–Kier alpha value is -3.16. The van der Waals surface area contributed by atoms with Crippen LogP contribution in [0.25, 0.3) is 22.2 Å². The van der Waals surface area contributed by atoms with Crippen LogP contribution in [0.4, 0.5) is 4.39 Å². The van der Waals surface area contributed by atoms with Gasteiger partial charge in [0.05, 0.1) is 28.9 Å². The number of aryl methyl sites for hydroxylation is 1. The van der Waals surface area contributed by atoms with Gasteiger partial charge < -0.3 is 9.30 Å². The van der Waals surface area contributed by atoms with Gasteiger partial charge in [-0.3, -0.25) is 13.9 Å². The van der Waals surface area contributed by atoms with E-state index in [1.807, 2.05) is 16.7 Å². The van der Waals surface area contributed by atoms with Crippen molar-refractivity contribution in [1.29, 1.82) is 0 Å². The minimum absolute atomic E-state index is 0.335. The highest BCUT2D eigenvalue weighted by Gasteiger charge is 2.34. The van der Waals surface area contributed by atoms with Gasteiger partial charge in [-0.05, 0) is 23.8 Å². The average molecular weight is 440 g/mol. The van der Waals surface area contributed by atoms with Crippen molar-refractivity contribution in [3.63, 3.8) is 0 Å². The van der Waals surface area contributed by atoms with Gasteiger partial charge in [0.1, 0.15) is 11.9 Å². The van der Waals surface area contributed by atoms with Crippen LogP contribution in [0.1, 0.15) is 17.4 Å². The molecular formula is C23H19ClFN3O3. The Bertz CT molecular complexity index is 1450. The van der Waals surface area contributed by atoms with Crippen LogP contribution in [-0.4, -0.2) is 20.3 Å². The zero-order chi connectivity index (χ0) is 21.9. The van der Waals surface area contributed by atoms with E-state index in [2.05, 4.69) is 0 Å². The lowest BCUT2D eigenvalue weighted by atomic mass is 10.0. The van der Waals surface area contributed by atoms with E-state index in [1.165, 1.54) is 17.7 Å². The van der Waals surface area contributed by atoms with Gasteiger partial charge in [0.2, 0.25) is 0 Å². The van der Waals surface area contributed by atoms with Crippen molar-refractivity contribution in [3.05, 3.63) is 91.5 Å². The van der Waals surface area contributed by atoms with Crippen molar-refractivity contribution in [1.82, 2.24) is 13.7 Å². The Kier molecular flexibility index (Phi) is 4.60. The molecule has 8 heteroatoms. The highest BCUT2D eigenvalue weighted by molar-refractivity contribution is 6.30. The van der Waals surface area contributed by atoms with Crippen LogP contribution in [0.3, 0.4) is 0 Å². The molecule has 1 aliphatic rings. The largest absolute Gasteiger partial charge is 0.365 e. The fourth-order valence-electron chi connectivity index (χ4n) is 4.41. The minimum Gasteiger partial charge on any atom is -0.365 e.